The fourth-order valence-electron chi connectivity index (χ4n) is 2.23. The third-order valence-corrected chi connectivity index (χ3v) is 3.28. The fraction of sp³-hybridized carbons (Fsp3) is 0.400. The topological polar surface area (TPSA) is 29.9 Å². The molecular weight excluding hydrogens is 241 g/mol. The number of hydrogen-bond donors (Lipinski definition) is 1. The first-order valence-electron chi connectivity index (χ1n) is 6.58. The largest absolute Gasteiger partial charge is 0.309 e. The molecule has 19 heavy (non-hydrogen) atoms. The Morgan fingerprint density at radius 3 is 2.79 bits per heavy atom. The summed E-state index contributed by atoms with van der Waals surface area (Å²) in [6, 6.07) is 7.06. The maximum atomic E-state index is 13.3. The quantitative estimate of drug-likeness (QED) is 0.897. The Morgan fingerprint density at radius 2 is 2.16 bits per heavy atom. The minimum atomic E-state index is -0.183. The molecule has 0 spiro atoms. The van der Waals surface area contributed by atoms with Crippen molar-refractivity contribution < 1.29 is 4.39 Å². The number of halogens is 1. The number of nitrogens with one attached hydrogen (secondary N) is 1. The lowest BCUT2D eigenvalue weighted by molar-refractivity contribution is 0.524. The van der Waals surface area contributed by atoms with E-state index in [0.717, 1.165) is 29.8 Å². The van der Waals surface area contributed by atoms with Crippen molar-refractivity contribution in [1.82, 2.24) is 15.1 Å². The molecular formula is C15H20FN3. The lowest BCUT2D eigenvalue weighted by Gasteiger charge is -2.17. The molecule has 102 valence electrons. The van der Waals surface area contributed by atoms with Crippen LogP contribution in [0.25, 0.3) is 0 Å². The van der Waals surface area contributed by atoms with E-state index in [9.17, 15) is 4.39 Å². The maximum Gasteiger partial charge on any atom is 0.123 e. The molecule has 1 N–H and O–H groups in total. The molecule has 0 aliphatic carbocycles. The number of benzene rings is 1. The van der Waals surface area contributed by atoms with Gasteiger partial charge < -0.3 is 5.32 Å². The Hall–Kier alpha value is -1.68. The van der Waals surface area contributed by atoms with E-state index in [1.165, 1.54) is 6.07 Å². The van der Waals surface area contributed by atoms with Gasteiger partial charge in [-0.2, -0.15) is 5.10 Å². The second-order valence-electron chi connectivity index (χ2n) is 4.80. The van der Waals surface area contributed by atoms with E-state index in [2.05, 4.69) is 17.3 Å². The van der Waals surface area contributed by atoms with Crippen LogP contribution in [-0.2, 0) is 13.5 Å². The number of nitrogens with zero attached hydrogens (tertiary/aromatic N) is 2. The molecule has 1 heterocycles. The number of aryl methyl sites for hydroxylation is 2. The predicted molar refractivity (Wildman–Crippen MR) is 74.5 cm³/mol. The molecule has 0 aliphatic heterocycles. The second kappa shape index (κ2) is 5.97. The molecule has 1 aromatic heterocycles. The summed E-state index contributed by atoms with van der Waals surface area (Å²) in [6.45, 7) is 4.93. The molecule has 2 rings (SSSR count). The number of rotatable bonds is 5. The van der Waals surface area contributed by atoms with E-state index in [4.69, 9.17) is 0 Å². The average molecular weight is 261 g/mol. The zero-order valence-corrected chi connectivity index (χ0v) is 11.7. The Balaban J connectivity index is 2.23. The molecule has 1 unspecified atom stereocenters. The first-order chi connectivity index (χ1) is 9.10. The molecule has 0 amide bonds. The third-order valence-electron chi connectivity index (χ3n) is 3.28. The van der Waals surface area contributed by atoms with Crippen LogP contribution in [0.15, 0.2) is 30.5 Å². The third kappa shape index (κ3) is 3.41. The summed E-state index contributed by atoms with van der Waals surface area (Å²) in [4.78, 5) is 0. The zero-order valence-electron chi connectivity index (χ0n) is 11.7. The van der Waals surface area contributed by atoms with Crippen molar-refractivity contribution >= 4 is 0 Å². The van der Waals surface area contributed by atoms with Crippen LogP contribution in [0.1, 0.15) is 29.8 Å². The van der Waals surface area contributed by atoms with Crippen LogP contribution >= 0.6 is 0 Å². The summed E-state index contributed by atoms with van der Waals surface area (Å²) in [5.41, 5.74) is 3.13. The molecule has 2 aromatic rings. The lowest BCUT2D eigenvalue weighted by atomic mass is 9.99. The van der Waals surface area contributed by atoms with Crippen molar-refractivity contribution in [3.05, 3.63) is 53.1 Å². The molecule has 3 nitrogen and oxygen atoms in total. The summed E-state index contributed by atoms with van der Waals surface area (Å²) >= 11 is 0. The monoisotopic (exact) mass is 261 g/mol. The molecule has 0 radical (unpaired) electrons. The van der Waals surface area contributed by atoms with E-state index in [1.54, 1.807) is 10.7 Å². The van der Waals surface area contributed by atoms with Gasteiger partial charge in [-0.25, -0.2) is 4.39 Å². The van der Waals surface area contributed by atoms with Gasteiger partial charge in [0.15, 0.2) is 0 Å². The van der Waals surface area contributed by atoms with Crippen molar-refractivity contribution in [2.75, 3.05) is 6.54 Å². The van der Waals surface area contributed by atoms with Crippen LogP contribution in [0.4, 0.5) is 4.39 Å². The highest BCUT2D eigenvalue weighted by Crippen LogP contribution is 2.20. The SMILES string of the molecule is CCNC(Cc1cc(F)ccc1C)c1ccn(C)n1. The van der Waals surface area contributed by atoms with Crippen LogP contribution in [0.3, 0.4) is 0 Å². The first-order valence-corrected chi connectivity index (χ1v) is 6.58. The minimum Gasteiger partial charge on any atom is -0.309 e. The van der Waals surface area contributed by atoms with Gasteiger partial charge in [0.25, 0.3) is 0 Å². The van der Waals surface area contributed by atoms with Gasteiger partial charge in [-0.05, 0) is 49.2 Å². The number of likely N-dealkylation sites (N-methyl/N-ethyl adjacent to an activating group) is 1. The normalized spacial score (nSPS) is 12.6. The van der Waals surface area contributed by atoms with Crippen molar-refractivity contribution in [3.8, 4) is 0 Å². The van der Waals surface area contributed by atoms with Gasteiger partial charge in [0.1, 0.15) is 5.82 Å². The molecule has 0 saturated carbocycles. The summed E-state index contributed by atoms with van der Waals surface area (Å²) in [7, 11) is 1.90. The van der Waals surface area contributed by atoms with E-state index in [0.29, 0.717) is 0 Å². The van der Waals surface area contributed by atoms with Gasteiger partial charge >= 0.3 is 0 Å². The molecule has 0 saturated heterocycles. The van der Waals surface area contributed by atoms with Gasteiger partial charge in [0, 0.05) is 13.2 Å². The molecule has 0 aliphatic rings. The Morgan fingerprint density at radius 1 is 1.37 bits per heavy atom. The van der Waals surface area contributed by atoms with Crippen LogP contribution in [-0.4, -0.2) is 16.3 Å². The highest BCUT2D eigenvalue weighted by molar-refractivity contribution is 5.28. The molecule has 0 fully saturated rings. The molecule has 0 bridgehead atoms. The van der Waals surface area contributed by atoms with Gasteiger partial charge in [-0.1, -0.05) is 13.0 Å². The summed E-state index contributed by atoms with van der Waals surface area (Å²) in [5, 5.41) is 7.85. The Kier molecular flexibility index (Phi) is 4.32. The van der Waals surface area contributed by atoms with Gasteiger partial charge in [-0.15, -0.1) is 0 Å². The van der Waals surface area contributed by atoms with Crippen molar-refractivity contribution in [3.63, 3.8) is 0 Å². The maximum absolute atomic E-state index is 13.3. The summed E-state index contributed by atoms with van der Waals surface area (Å²) in [5.74, 6) is -0.183. The van der Waals surface area contributed by atoms with E-state index in [-0.39, 0.29) is 11.9 Å². The van der Waals surface area contributed by atoms with Crippen LogP contribution < -0.4 is 5.32 Å². The summed E-state index contributed by atoms with van der Waals surface area (Å²) in [6.07, 6.45) is 2.67. The van der Waals surface area contributed by atoms with E-state index >= 15 is 0 Å². The first kappa shape index (κ1) is 13.7. The van der Waals surface area contributed by atoms with Crippen LogP contribution in [0.5, 0.6) is 0 Å². The number of hydrogen-bond acceptors (Lipinski definition) is 2. The van der Waals surface area contributed by atoms with Crippen molar-refractivity contribution in [2.24, 2.45) is 7.05 Å². The van der Waals surface area contributed by atoms with Crippen molar-refractivity contribution in [2.45, 2.75) is 26.3 Å². The van der Waals surface area contributed by atoms with Crippen LogP contribution in [0, 0.1) is 12.7 Å². The summed E-state index contributed by atoms with van der Waals surface area (Å²) < 4.78 is 15.1. The minimum absolute atomic E-state index is 0.117. The highest BCUT2D eigenvalue weighted by Gasteiger charge is 2.15. The van der Waals surface area contributed by atoms with E-state index < -0.39 is 0 Å². The zero-order chi connectivity index (χ0) is 13.8. The smallest absolute Gasteiger partial charge is 0.123 e. The van der Waals surface area contributed by atoms with Crippen LogP contribution in [0.2, 0.25) is 0 Å². The Bertz CT molecular complexity index is 548. The predicted octanol–water partition coefficient (Wildman–Crippen LogP) is 2.76. The van der Waals surface area contributed by atoms with E-state index in [1.807, 2.05) is 32.3 Å². The van der Waals surface area contributed by atoms with Gasteiger partial charge in [0.05, 0.1) is 11.7 Å². The standard InChI is InChI=1S/C15H20FN3/c1-4-17-15(14-7-8-19(3)18-14)10-12-9-13(16)6-5-11(12)2/h5-9,15,17H,4,10H2,1-3H3. The molecule has 1 atom stereocenters. The van der Waals surface area contributed by atoms with Gasteiger partial charge in [-0.3, -0.25) is 4.68 Å². The Labute approximate surface area is 113 Å². The molecule has 1 aromatic carbocycles. The fourth-order valence-corrected chi connectivity index (χ4v) is 2.23. The highest BCUT2D eigenvalue weighted by atomic mass is 19.1. The second-order valence-corrected chi connectivity index (χ2v) is 4.80. The van der Waals surface area contributed by atoms with Gasteiger partial charge in [0.2, 0.25) is 0 Å². The molecule has 4 heteroatoms. The number of aromatic nitrogens is 2. The van der Waals surface area contributed by atoms with Crippen molar-refractivity contribution in [1.29, 1.82) is 0 Å². The average Bonchev–Trinajstić information content (AvgIpc) is 2.80. The lowest BCUT2D eigenvalue weighted by Crippen LogP contribution is -2.24.